The first-order valence-electron chi connectivity index (χ1n) is 15.9. The van der Waals surface area contributed by atoms with E-state index in [-0.39, 0.29) is 11.8 Å². The van der Waals surface area contributed by atoms with Crippen LogP contribution in [0.2, 0.25) is 5.02 Å². The Labute approximate surface area is 276 Å². The van der Waals surface area contributed by atoms with Crippen molar-refractivity contribution in [2.24, 2.45) is 5.92 Å². The summed E-state index contributed by atoms with van der Waals surface area (Å²) in [5, 5.41) is 11.2. The van der Waals surface area contributed by atoms with Gasteiger partial charge in [-0.3, -0.25) is 9.59 Å². The highest BCUT2D eigenvalue weighted by atomic mass is 35.5. The minimum Gasteiger partial charge on any atom is -0.478 e. The third-order valence-corrected chi connectivity index (χ3v) is 8.64. The summed E-state index contributed by atoms with van der Waals surface area (Å²) in [6, 6.07) is 22.8. The molecule has 46 heavy (non-hydrogen) atoms. The molecule has 10 heteroatoms. The quantitative estimate of drug-likeness (QED) is 0.167. The molecule has 1 aliphatic rings. The highest BCUT2D eigenvalue weighted by molar-refractivity contribution is 6.30. The average Bonchev–Trinajstić information content (AvgIpc) is 3.04. The topological polar surface area (TPSA) is 108 Å². The zero-order valence-electron chi connectivity index (χ0n) is 27.0. The number of amides is 2. The van der Waals surface area contributed by atoms with Crippen LogP contribution in [0.15, 0.2) is 72.8 Å². The molecule has 0 aliphatic heterocycles. The molecular weight excluding hydrogens is 600 g/mol. The van der Waals surface area contributed by atoms with Crippen molar-refractivity contribution in [3.05, 3.63) is 88.9 Å². The highest BCUT2D eigenvalue weighted by Crippen LogP contribution is 2.28. The molecule has 1 aromatic heterocycles. The zero-order valence-corrected chi connectivity index (χ0v) is 27.7. The van der Waals surface area contributed by atoms with Crippen LogP contribution in [0.3, 0.4) is 0 Å². The van der Waals surface area contributed by atoms with Gasteiger partial charge in [0.15, 0.2) is 5.60 Å². The van der Waals surface area contributed by atoms with Gasteiger partial charge in [0.25, 0.3) is 11.8 Å². The number of ether oxygens (including phenoxy) is 1. The Morgan fingerprint density at radius 2 is 1.61 bits per heavy atom. The van der Waals surface area contributed by atoms with Gasteiger partial charge >= 0.3 is 0 Å². The maximum atomic E-state index is 13.1. The fourth-order valence-corrected chi connectivity index (χ4v) is 5.82. The monoisotopic (exact) mass is 642 g/mol. The number of rotatable bonds is 12. The summed E-state index contributed by atoms with van der Waals surface area (Å²) >= 11 is 5.90. The standard InChI is InChI=1S/C36H43ClN6O3/c1-36(2,46-29-19-11-24(12-20-29)21-22-38-33(44)26-13-15-27(37)16-14-26)34(45)39-23-25-9-17-28(18-10-25)40-35-41-31-8-6-5-7-30(31)32(42-35)43(3)4/h5-8,11-16,19-20,25,28H,9-10,17-18,21-23H2,1-4H3,(H,38,44)(H,39,45)(H,40,41,42)/t25-,28+. The molecule has 1 aliphatic carbocycles. The maximum Gasteiger partial charge on any atom is 0.263 e. The summed E-state index contributed by atoms with van der Waals surface area (Å²) < 4.78 is 6.09. The number of halogens is 1. The Morgan fingerprint density at radius 1 is 0.913 bits per heavy atom. The van der Waals surface area contributed by atoms with Gasteiger partial charge in [-0.25, -0.2) is 4.98 Å². The molecule has 1 saturated carbocycles. The Bertz CT molecular complexity index is 1630. The maximum absolute atomic E-state index is 13.1. The second-order valence-corrected chi connectivity index (χ2v) is 13.1. The van der Waals surface area contributed by atoms with Crippen LogP contribution in [-0.2, 0) is 11.2 Å². The predicted octanol–water partition coefficient (Wildman–Crippen LogP) is 6.27. The van der Waals surface area contributed by atoms with Crippen LogP contribution in [0.5, 0.6) is 5.75 Å². The minimum atomic E-state index is -1.02. The Hall–Kier alpha value is -4.37. The lowest BCUT2D eigenvalue weighted by Crippen LogP contribution is -2.48. The molecule has 2 amide bonds. The Balaban J connectivity index is 1.03. The number of hydrogen-bond donors (Lipinski definition) is 3. The number of hydrogen-bond acceptors (Lipinski definition) is 7. The lowest BCUT2D eigenvalue weighted by atomic mass is 9.86. The van der Waals surface area contributed by atoms with Crippen LogP contribution in [-0.4, -0.2) is 60.6 Å². The lowest BCUT2D eigenvalue weighted by molar-refractivity contribution is -0.134. The number of fused-ring (bicyclic) bond motifs is 1. The van der Waals surface area contributed by atoms with E-state index in [1.165, 1.54) is 0 Å². The number of anilines is 2. The van der Waals surface area contributed by atoms with E-state index in [1.807, 2.05) is 67.5 Å². The van der Waals surface area contributed by atoms with E-state index >= 15 is 0 Å². The first-order valence-corrected chi connectivity index (χ1v) is 16.3. The summed E-state index contributed by atoms with van der Waals surface area (Å²) in [5.74, 6) is 2.32. The van der Waals surface area contributed by atoms with Crippen molar-refractivity contribution in [2.45, 2.75) is 57.6 Å². The average molecular weight is 643 g/mol. The van der Waals surface area contributed by atoms with E-state index < -0.39 is 5.60 Å². The fourth-order valence-electron chi connectivity index (χ4n) is 5.70. The molecule has 0 atom stereocenters. The van der Waals surface area contributed by atoms with Gasteiger partial charge < -0.3 is 25.6 Å². The van der Waals surface area contributed by atoms with E-state index in [2.05, 4.69) is 16.0 Å². The number of nitrogens with one attached hydrogen (secondary N) is 3. The van der Waals surface area contributed by atoms with Crippen LogP contribution >= 0.6 is 11.6 Å². The zero-order chi connectivity index (χ0) is 32.7. The van der Waals surface area contributed by atoms with Crippen LogP contribution < -0.4 is 25.6 Å². The van der Waals surface area contributed by atoms with E-state index in [0.29, 0.717) is 53.8 Å². The Kier molecular flexibility index (Phi) is 10.6. The molecule has 0 unspecified atom stereocenters. The largest absolute Gasteiger partial charge is 0.478 e. The number of carbonyl (C=O) groups is 2. The third-order valence-electron chi connectivity index (χ3n) is 8.39. The molecule has 5 rings (SSSR count). The van der Waals surface area contributed by atoms with Gasteiger partial charge in [0.05, 0.1) is 5.52 Å². The second kappa shape index (κ2) is 14.8. The highest BCUT2D eigenvalue weighted by Gasteiger charge is 2.31. The minimum absolute atomic E-state index is 0.136. The summed E-state index contributed by atoms with van der Waals surface area (Å²) in [6.07, 6.45) is 4.67. The second-order valence-electron chi connectivity index (χ2n) is 12.6. The van der Waals surface area contributed by atoms with E-state index in [4.69, 9.17) is 26.3 Å². The normalized spacial score (nSPS) is 16.5. The molecule has 0 radical (unpaired) electrons. The summed E-state index contributed by atoms with van der Waals surface area (Å²) in [5.41, 5.74) is 1.53. The molecule has 3 N–H and O–H groups in total. The van der Waals surface area contributed by atoms with Crippen molar-refractivity contribution in [3.63, 3.8) is 0 Å². The van der Waals surface area contributed by atoms with Crippen molar-refractivity contribution in [1.82, 2.24) is 20.6 Å². The smallest absolute Gasteiger partial charge is 0.263 e. The van der Waals surface area contributed by atoms with E-state index in [1.54, 1.807) is 38.1 Å². The van der Waals surface area contributed by atoms with Gasteiger partial charge in [0, 0.05) is 49.2 Å². The van der Waals surface area contributed by atoms with Crippen molar-refractivity contribution < 1.29 is 14.3 Å². The molecule has 0 bridgehead atoms. The van der Waals surface area contributed by atoms with Gasteiger partial charge in [-0.05, 0) is 106 Å². The molecular formula is C36H43ClN6O3. The van der Waals surface area contributed by atoms with Crippen LogP contribution in [0, 0.1) is 5.92 Å². The fraction of sp³-hybridized carbons (Fsp3) is 0.389. The molecule has 1 heterocycles. The summed E-state index contributed by atoms with van der Waals surface area (Å²) in [4.78, 5) is 37.0. The van der Waals surface area contributed by atoms with Crippen molar-refractivity contribution in [3.8, 4) is 5.75 Å². The molecule has 3 aromatic carbocycles. The van der Waals surface area contributed by atoms with Gasteiger partial charge in [-0.2, -0.15) is 4.98 Å². The molecule has 0 saturated heterocycles. The molecule has 0 spiro atoms. The number of benzene rings is 3. The van der Waals surface area contributed by atoms with Gasteiger partial charge in [0.2, 0.25) is 5.95 Å². The first-order chi connectivity index (χ1) is 22.1. The Morgan fingerprint density at radius 3 is 2.30 bits per heavy atom. The summed E-state index contributed by atoms with van der Waals surface area (Å²) in [7, 11) is 3.99. The number of nitrogens with zero attached hydrogens (tertiary/aromatic N) is 3. The number of aromatic nitrogens is 2. The van der Waals surface area contributed by atoms with Gasteiger partial charge in [-0.1, -0.05) is 35.9 Å². The lowest BCUT2D eigenvalue weighted by Gasteiger charge is -2.31. The number of carbonyl (C=O) groups excluding carboxylic acids is 2. The van der Waals surface area contributed by atoms with E-state index in [0.717, 1.165) is 48.0 Å². The number of para-hydroxylation sites is 1. The first kappa shape index (κ1) is 33.0. The van der Waals surface area contributed by atoms with Gasteiger partial charge in [0.1, 0.15) is 11.6 Å². The van der Waals surface area contributed by atoms with Crippen LogP contribution in [0.1, 0.15) is 55.5 Å². The molecule has 242 valence electrons. The molecule has 4 aromatic rings. The molecule has 1 fully saturated rings. The van der Waals surface area contributed by atoms with Crippen LogP contribution in [0.4, 0.5) is 11.8 Å². The third kappa shape index (κ3) is 8.66. The van der Waals surface area contributed by atoms with E-state index in [9.17, 15) is 9.59 Å². The van der Waals surface area contributed by atoms with Gasteiger partial charge in [-0.15, -0.1) is 0 Å². The van der Waals surface area contributed by atoms with Crippen molar-refractivity contribution >= 4 is 46.1 Å². The SMILES string of the molecule is CN(C)c1nc(N[C@H]2CC[C@@H](CNC(=O)C(C)(C)Oc3ccc(CCNC(=O)c4ccc(Cl)cc4)cc3)CC2)nc2ccccc12. The predicted molar refractivity (Wildman–Crippen MR) is 185 cm³/mol. The van der Waals surface area contributed by atoms with Crippen LogP contribution in [0.25, 0.3) is 10.9 Å². The summed E-state index contributed by atoms with van der Waals surface area (Å²) in [6.45, 7) is 4.70. The van der Waals surface area contributed by atoms with Crippen molar-refractivity contribution in [1.29, 1.82) is 0 Å². The van der Waals surface area contributed by atoms with Crippen molar-refractivity contribution in [2.75, 3.05) is 37.4 Å². The molecule has 9 nitrogen and oxygen atoms in total.